The fraction of sp³-hybridized carbons (Fsp3) is 0.214. The monoisotopic (exact) mass is 724 g/mol. The normalized spacial score (nSPS) is 11.8. The van der Waals surface area contributed by atoms with Crippen LogP contribution in [0.1, 0.15) is 76.3 Å². The van der Waals surface area contributed by atoms with Gasteiger partial charge in [-0.25, -0.2) is 0 Å². The van der Waals surface area contributed by atoms with Crippen LogP contribution < -0.4 is 0 Å². The minimum Gasteiger partial charge on any atom is -0.0654 e. The molecule has 0 aliphatic carbocycles. The molecule has 0 N–H and O–H groups in total. The number of unbranched alkanes of at least 4 members (excludes halogenated alkanes) is 6. The Bertz CT molecular complexity index is 2820. The van der Waals surface area contributed by atoms with Gasteiger partial charge in [0.25, 0.3) is 0 Å². The molecule has 0 heterocycles. The second kappa shape index (κ2) is 16.2. The summed E-state index contributed by atoms with van der Waals surface area (Å²) in [6, 6.07) is 59.8. The summed E-state index contributed by atoms with van der Waals surface area (Å²) in [5.74, 6) is 0. The van der Waals surface area contributed by atoms with E-state index in [1.807, 2.05) is 0 Å². The molecule has 0 aromatic heterocycles. The number of hydrogen-bond acceptors (Lipinski definition) is 0. The van der Waals surface area contributed by atoms with Gasteiger partial charge in [0, 0.05) is 0 Å². The molecule has 0 nitrogen and oxygen atoms in total. The molecule has 0 aliphatic rings. The molecule has 0 heteroatoms. The van der Waals surface area contributed by atoms with E-state index in [-0.39, 0.29) is 0 Å². The van der Waals surface area contributed by atoms with E-state index >= 15 is 0 Å². The van der Waals surface area contributed by atoms with Gasteiger partial charge in [-0.2, -0.15) is 0 Å². The van der Waals surface area contributed by atoms with Crippen molar-refractivity contribution in [2.75, 3.05) is 0 Å². The Balaban J connectivity index is 1.11. The van der Waals surface area contributed by atoms with Gasteiger partial charge in [-0.15, -0.1) is 0 Å². The predicted molar refractivity (Wildman–Crippen MR) is 246 cm³/mol. The van der Waals surface area contributed by atoms with Crippen molar-refractivity contribution in [2.24, 2.45) is 0 Å². The first-order valence-electron chi connectivity index (χ1n) is 21.2. The molecular formula is C56H52. The summed E-state index contributed by atoms with van der Waals surface area (Å²) in [6.07, 6.45) is 12.7. The lowest BCUT2D eigenvalue weighted by Crippen LogP contribution is -1.98. The van der Waals surface area contributed by atoms with Crippen molar-refractivity contribution in [2.45, 2.75) is 78.1 Å². The smallest absolute Gasteiger partial charge is 0.00928 e. The van der Waals surface area contributed by atoms with Gasteiger partial charge in [-0.3, -0.25) is 0 Å². The fourth-order valence-electron chi connectivity index (χ4n) is 9.05. The second-order valence-electron chi connectivity index (χ2n) is 16.0. The van der Waals surface area contributed by atoms with Crippen LogP contribution in [0.5, 0.6) is 0 Å². The SMILES string of the molecule is CCCCCCc1cc2c(-c3ccc4cc(-c5ccc(-c6ccc7ccccc7c6)cc5)ccc4c3)cc3c4ccccc4ccc3c2cc1CCCCCC. The van der Waals surface area contributed by atoms with E-state index in [1.54, 1.807) is 11.1 Å². The summed E-state index contributed by atoms with van der Waals surface area (Å²) in [4.78, 5) is 0. The molecule has 0 unspecified atom stereocenters. The van der Waals surface area contributed by atoms with Crippen molar-refractivity contribution >= 4 is 53.9 Å². The predicted octanol–water partition coefficient (Wildman–Crippen LogP) is 16.7. The van der Waals surface area contributed by atoms with E-state index in [9.17, 15) is 0 Å². The van der Waals surface area contributed by atoms with E-state index in [0.29, 0.717) is 0 Å². The molecule has 0 spiro atoms. The summed E-state index contributed by atoms with van der Waals surface area (Å²) in [5.41, 5.74) is 10.7. The summed E-state index contributed by atoms with van der Waals surface area (Å²) in [6.45, 7) is 4.62. The standard InChI is InChI=1S/C56H52/c1-3-5-7-9-17-44-36-54-52-32-31-42-16-13-14-20-51(42)56(52)38-53(55(54)37-45(44)18-10-8-6-4-2)50-30-29-48-34-47(27-28-49(48)35-50)41-23-21-40(22-24-41)46-26-25-39-15-11-12-19-43(39)33-46/h11-16,19-38H,3-10,17-18H2,1-2H3. The quantitative estimate of drug-likeness (QED) is 0.0820. The van der Waals surface area contributed by atoms with Crippen LogP contribution >= 0.6 is 0 Å². The maximum atomic E-state index is 2.59. The van der Waals surface area contributed by atoms with Crippen molar-refractivity contribution in [1.82, 2.24) is 0 Å². The third kappa shape index (κ3) is 7.22. The molecule has 276 valence electrons. The maximum absolute atomic E-state index is 2.59. The zero-order valence-electron chi connectivity index (χ0n) is 33.1. The van der Waals surface area contributed by atoms with Crippen LogP contribution in [-0.4, -0.2) is 0 Å². The van der Waals surface area contributed by atoms with Gasteiger partial charge in [-0.1, -0.05) is 186 Å². The van der Waals surface area contributed by atoms with Gasteiger partial charge < -0.3 is 0 Å². The molecule has 0 radical (unpaired) electrons. The van der Waals surface area contributed by atoms with E-state index in [4.69, 9.17) is 0 Å². The van der Waals surface area contributed by atoms with Crippen molar-refractivity contribution in [3.63, 3.8) is 0 Å². The van der Waals surface area contributed by atoms with Crippen molar-refractivity contribution in [3.8, 4) is 33.4 Å². The largest absolute Gasteiger partial charge is 0.0654 e. The Morgan fingerprint density at radius 3 is 1.39 bits per heavy atom. The highest BCUT2D eigenvalue weighted by molar-refractivity contribution is 6.21. The molecule has 56 heavy (non-hydrogen) atoms. The molecule has 0 aliphatic heterocycles. The van der Waals surface area contributed by atoms with Crippen LogP contribution in [0.15, 0.2) is 158 Å². The van der Waals surface area contributed by atoms with Crippen LogP contribution in [0.2, 0.25) is 0 Å². The van der Waals surface area contributed by atoms with Crippen molar-refractivity contribution in [3.05, 3.63) is 169 Å². The average molecular weight is 725 g/mol. The zero-order valence-corrected chi connectivity index (χ0v) is 33.1. The number of aryl methyl sites for hydroxylation is 2. The molecule has 9 aromatic rings. The van der Waals surface area contributed by atoms with Gasteiger partial charge in [-0.05, 0) is 148 Å². The van der Waals surface area contributed by atoms with Gasteiger partial charge >= 0.3 is 0 Å². The first-order valence-corrected chi connectivity index (χ1v) is 21.2. The molecule has 0 atom stereocenters. The minimum atomic E-state index is 1.16. The fourth-order valence-corrected chi connectivity index (χ4v) is 9.05. The topological polar surface area (TPSA) is 0 Å². The van der Waals surface area contributed by atoms with E-state index in [2.05, 4.69) is 172 Å². The molecular weight excluding hydrogens is 673 g/mol. The number of hydrogen-bond donors (Lipinski definition) is 0. The molecule has 0 bridgehead atoms. The average Bonchev–Trinajstić information content (AvgIpc) is 3.25. The summed E-state index contributed by atoms with van der Waals surface area (Å²) in [5, 5.41) is 13.2. The van der Waals surface area contributed by atoms with Gasteiger partial charge in [0.05, 0.1) is 0 Å². The lowest BCUT2D eigenvalue weighted by atomic mass is 9.86. The molecule has 0 fully saturated rings. The van der Waals surface area contributed by atoms with Crippen molar-refractivity contribution in [1.29, 1.82) is 0 Å². The molecule has 0 saturated carbocycles. The van der Waals surface area contributed by atoms with Crippen LogP contribution in [0, 0.1) is 0 Å². The highest BCUT2D eigenvalue weighted by atomic mass is 14.2. The minimum absolute atomic E-state index is 1.16. The molecule has 9 aromatic carbocycles. The lowest BCUT2D eigenvalue weighted by molar-refractivity contribution is 0.651. The Morgan fingerprint density at radius 2 is 0.750 bits per heavy atom. The van der Waals surface area contributed by atoms with Crippen LogP contribution in [0.25, 0.3) is 87.2 Å². The van der Waals surface area contributed by atoms with Gasteiger partial charge in [0.2, 0.25) is 0 Å². The third-order valence-corrected chi connectivity index (χ3v) is 12.2. The first-order chi connectivity index (χ1) is 27.7. The Labute approximate surface area is 332 Å². The van der Waals surface area contributed by atoms with Crippen LogP contribution in [0.3, 0.4) is 0 Å². The van der Waals surface area contributed by atoms with E-state index < -0.39 is 0 Å². The van der Waals surface area contributed by atoms with Crippen molar-refractivity contribution < 1.29 is 0 Å². The van der Waals surface area contributed by atoms with Gasteiger partial charge in [0.1, 0.15) is 0 Å². The Morgan fingerprint density at radius 1 is 0.286 bits per heavy atom. The summed E-state index contributed by atoms with van der Waals surface area (Å²) >= 11 is 0. The second-order valence-corrected chi connectivity index (χ2v) is 16.0. The molecule has 0 saturated heterocycles. The number of fused-ring (bicyclic) bond motifs is 7. The molecule has 0 amide bonds. The number of benzene rings is 9. The van der Waals surface area contributed by atoms with Gasteiger partial charge in [0.15, 0.2) is 0 Å². The molecule has 9 rings (SSSR count). The third-order valence-electron chi connectivity index (χ3n) is 12.2. The number of rotatable bonds is 13. The highest BCUT2D eigenvalue weighted by Gasteiger charge is 2.16. The lowest BCUT2D eigenvalue weighted by Gasteiger charge is -2.18. The Kier molecular flexibility index (Phi) is 10.4. The van der Waals surface area contributed by atoms with Crippen LogP contribution in [0.4, 0.5) is 0 Å². The highest BCUT2D eigenvalue weighted by Crippen LogP contribution is 2.41. The summed E-state index contributed by atoms with van der Waals surface area (Å²) < 4.78 is 0. The summed E-state index contributed by atoms with van der Waals surface area (Å²) in [7, 11) is 0. The first kappa shape index (κ1) is 35.9. The zero-order chi connectivity index (χ0) is 37.8. The van der Waals surface area contributed by atoms with Crippen LogP contribution in [-0.2, 0) is 12.8 Å². The van der Waals surface area contributed by atoms with E-state index in [0.717, 1.165) is 6.42 Å². The Hall–Kier alpha value is -5.72. The maximum Gasteiger partial charge on any atom is -0.00928 e. The van der Waals surface area contributed by atoms with E-state index in [1.165, 1.54) is 145 Å².